The summed E-state index contributed by atoms with van der Waals surface area (Å²) in [5.74, 6) is -2.18. The van der Waals surface area contributed by atoms with E-state index in [-0.39, 0.29) is 11.8 Å². The topological polar surface area (TPSA) is 107 Å². The van der Waals surface area contributed by atoms with Crippen molar-refractivity contribution < 1.29 is 24.6 Å². The molecule has 29 heavy (non-hydrogen) atoms. The lowest BCUT2D eigenvalue weighted by molar-refractivity contribution is -0.152. The second kappa shape index (κ2) is 11.0. The van der Waals surface area contributed by atoms with Crippen molar-refractivity contribution in [2.24, 2.45) is 5.92 Å². The van der Waals surface area contributed by atoms with Crippen LogP contribution in [0.5, 0.6) is 0 Å². The van der Waals surface area contributed by atoms with Crippen molar-refractivity contribution in [2.75, 3.05) is 6.54 Å². The first-order valence-electron chi connectivity index (χ1n) is 10.4. The van der Waals surface area contributed by atoms with Crippen molar-refractivity contribution in [3.63, 3.8) is 0 Å². The van der Waals surface area contributed by atoms with Gasteiger partial charge in [0.05, 0.1) is 6.04 Å². The number of benzene rings is 1. The number of nitrogens with one attached hydrogen (secondary N) is 1. The van der Waals surface area contributed by atoms with Gasteiger partial charge in [0.2, 0.25) is 5.91 Å². The van der Waals surface area contributed by atoms with Crippen molar-refractivity contribution in [3.05, 3.63) is 35.9 Å². The molecule has 0 bridgehead atoms. The molecule has 1 amide bonds. The Morgan fingerprint density at radius 2 is 1.83 bits per heavy atom. The molecular formula is C22H32N2O5. The summed E-state index contributed by atoms with van der Waals surface area (Å²) in [5, 5.41) is 22.3. The summed E-state index contributed by atoms with van der Waals surface area (Å²) in [4.78, 5) is 38.1. The van der Waals surface area contributed by atoms with Gasteiger partial charge >= 0.3 is 11.9 Å². The van der Waals surface area contributed by atoms with Gasteiger partial charge in [-0.15, -0.1) is 0 Å². The summed E-state index contributed by atoms with van der Waals surface area (Å²) < 4.78 is 0. The molecule has 3 N–H and O–H groups in total. The number of carbonyl (C=O) groups is 3. The number of amides is 1. The second-order valence-corrected chi connectivity index (χ2v) is 8.15. The third kappa shape index (κ3) is 6.85. The van der Waals surface area contributed by atoms with E-state index in [0.717, 1.165) is 12.0 Å². The van der Waals surface area contributed by atoms with Gasteiger partial charge in [-0.25, -0.2) is 4.79 Å². The molecule has 1 aliphatic heterocycles. The average Bonchev–Trinajstić information content (AvgIpc) is 2.85. The molecule has 0 saturated carbocycles. The van der Waals surface area contributed by atoms with Crippen LogP contribution in [0.2, 0.25) is 0 Å². The van der Waals surface area contributed by atoms with Gasteiger partial charge < -0.3 is 15.1 Å². The normalized spacial score (nSPS) is 19.6. The number of hydrogen-bond acceptors (Lipinski definition) is 4. The highest BCUT2D eigenvalue weighted by atomic mass is 16.4. The molecular weight excluding hydrogens is 372 g/mol. The lowest BCUT2D eigenvalue weighted by Gasteiger charge is -2.32. The number of hydrogen-bond donors (Lipinski definition) is 3. The molecule has 0 unspecified atom stereocenters. The Labute approximate surface area is 172 Å². The van der Waals surface area contributed by atoms with E-state index in [4.69, 9.17) is 0 Å². The number of carboxylic acid groups (broad SMARTS) is 2. The van der Waals surface area contributed by atoms with E-state index >= 15 is 0 Å². The number of likely N-dealkylation sites (tertiary alicyclic amines) is 1. The summed E-state index contributed by atoms with van der Waals surface area (Å²) in [6.45, 7) is 4.25. The quantitative estimate of drug-likeness (QED) is 0.553. The van der Waals surface area contributed by atoms with Crippen LogP contribution >= 0.6 is 0 Å². The summed E-state index contributed by atoms with van der Waals surface area (Å²) in [5.41, 5.74) is 1.04. The SMILES string of the molecule is CC(C)C[C@@H](C(=O)O)N1CCCC[C@H](N[C@@H](CCc2ccccc2)C(=O)O)C1=O. The zero-order valence-corrected chi connectivity index (χ0v) is 17.2. The number of rotatable bonds is 10. The third-order valence-corrected chi connectivity index (χ3v) is 5.34. The van der Waals surface area contributed by atoms with Gasteiger partial charge in [-0.1, -0.05) is 44.2 Å². The highest BCUT2D eigenvalue weighted by Crippen LogP contribution is 2.20. The van der Waals surface area contributed by atoms with Gasteiger partial charge in [0, 0.05) is 6.54 Å². The molecule has 3 atom stereocenters. The number of nitrogens with zero attached hydrogens (tertiary/aromatic N) is 1. The van der Waals surface area contributed by atoms with E-state index in [9.17, 15) is 24.6 Å². The van der Waals surface area contributed by atoms with Crippen molar-refractivity contribution in [3.8, 4) is 0 Å². The second-order valence-electron chi connectivity index (χ2n) is 8.15. The summed E-state index contributed by atoms with van der Waals surface area (Å²) >= 11 is 0. The molecule has 1 aromatic rings. The maximum atomic E-state index is 13.1. The molecule has 1 aromatic carbocycles. The maximum Gasteiger partial charge on any atom is 0.326 e. The number of aryl methyl sites for hydroxylation is 1. The fourth-order valence-corrected chi connectivity index (χ4v) is 3.81. The predicted molar refractivity (Wildman–Crippen MR) is 110 cm³/mol. The first kappa shape index (κ1) is 22.9. The van der Waals surface area contributed by atoms with Crippen molar-refractivity contribution >= 4 is 17.8 Å². The highest BCUT2D eigenvalue weighted by Gasteiger charge is 2.36. The smallest absolute Gasteiger partial charge is 0.326 e. The zero-order valence-electron chi connectivity index (χ0n) is 17.2. The van der Waals surface area contributed by atoms with Crippen molar-refractivity contribution in [1.82, 2.24) is 10.2 Å². The molecule has 7 nitrogen and oxygen atoms in total. The van der Waals surface area contributed by atoms with E-state index in [0.29, 0.717) is 38.6 Å². The monoisotopic (exact) mass is 404 g/mol. The fraction of sp³-hybridized carbons (Fsp3) is 0.591. The molecule has 2 rings (SSSR count). The molecule has 1 fully saturated rings. The molecule has 1 saturated heterocycles. The minimum absolute atomic E-state index is 0.135. The molecule has 0 spiro atoms. The lowest BCUT2D eigenvalue weighted by atomic mass is 10.0. The fourth-order valence-electron chi connectivity index (χ4n) is 3.81. The lowest BCUT2D eigenvalue weighted by Crippen LogP contribution is -2.55. The largest absolute Gasteiger partial charge is 0.480 e. The van der Waals surface area contributed by atoms with Gasteiger partial charge in [0.1, 0.15) is 12.1 Å². The summed E-state index contributed by atoms with van der Waals surface area (Å²) in [6, 6.07) is 7.20. The molecule has 1 heterocycles. The molecule has 0 aromatic heterocycles. The Hall–Kier alpha value is -2.41. The first-order chi connectivity index (χ1) is 13.8. The molecule has 160 valence electrons. The standard InChI is InChI=1S/C22H32N2O5/c1-15(2)14-19(22(28)29)24-13-7-6-10-17(20(24)25)23-18(21(26)27)12-11-16-8-4-3-5-9-16/h3-5,8-9,15,17-19,23H,6-7,10-14H2,1-2H3,(H,26,27)(H,28,29)/t17-,18-,19-/m0/s1. The molecule has 7 heteroatoms. The van der Waals surface area contributed by atoms with Crippen molar-refractivity contribution in [2.45, 2.75) is 70.5 Å². The van der Waals surface area contributed by atoms with Crippen LogP contribution in [0.25, 0.3) is 0 Å². The third-order valence-electron chi connectivity index (χ3n) is 5.34. The Bertz CT molecular complexity index is 692. The summed E-state index contributed by atoms with van der Waals surface area (Å²) in [6.07, 6.45) is 3.30. The van der Waals surface area contributed by atoms with E-state index in [1.165, 1.54) is 4.90 Å². The number of carboxylic acids is 2. The Kier molecular flexibility index (Phi) is 8.64. The van der Waals surface area contributed by atoms with Gasteiger partial charge in [0.25, 0.3) is 0 Å². The minimum atomic E-state index is -1.01. The Balaban J connectivity index is 2.10. The first-order valence-corrected chi connectivity index (χ1v) is 10.4. The molecule has 0 aliphatic carbocycles. The Morgan fingerprint density at radius 1 is 1.14 bits per heavy atom. The van der Waals surface area contributed by atoms with Gasteiger partial charge in [0.15, 0.2) is 0 Å². The highest BCUT2D eigenvalue weighted by molar-refractivity contribution is 5.88. The number of carbonyl (C=O) groups excluding carboxylic acids is 1. The molecule has 1 aliphatic rings. The van der Waals surface area contributed by atoms with Crippen LogP contribution in [0.1, 0.15) is 51.5 Å². The van der Waals surface area contributed by atoms with E-state index in [2.05, 4.69) is 5.32 Å². The van der Waals surface area contributed by atoms with Crippen LogP contribution in [-0.2, 0) is 20.8 Å². The average molecular weight is 405 g/mol. The van der Waals surface area contributed by atoms with Crippen LogP contribution < -0.4 is 5.32 Å². The van der Waals surface area contributed by atoms with Crippen LogP contribution in [0.4, 0.5) is 0 Å². The van der Waals surface area contributed by atoms with E-state index in [1.807, 2.05) is 44.2 Å². The maximum absolute atomic E-state index is 13.1. The van der Waals surface area contributed by atoms with Gasteiger partial charge in [-0.05, 0) is 50.0 Å². The van der Waals surface area contributed by atoms with E-state index < -0.39 is 30.1 Å². The minimum Gasteiger partial charge on any atom is -0.480 e. The number of aliphatic carboxylic acids is 2. The van der Waals surface area contributed by atoms with E-state index in [1.54, 1.807) is 0 Å². The predicted octanol–water partition coefficient (Wildman–Crippen LogP) is 2.54. The van der Waals surface area contributed by atoms with Gasteiger partial charge in [-0.2, -0.15) is 0 Å². The Morgan fingerprint density at radius 3 is 2.41 bits per heavy atom. The van der Waals surface area contributed by atoms with Crippen LogP contribution in [0.3, 0.4) is 0 Å². The zero-order chi connectivity index (χ0) is 21.4. The van der Waals surface area contributed by atoms with Crippen molar-refractivity contribution in [1.29, 1.82) is 0 Å². The van der Waals surface area contributed by atoms with Crippen LogP contribution in [0, 0.1) is 5.92 Å². The molecule has 0 radical (unpaired) electrons. The van der Waals surface area contributed by atoms with Crippen LogP contribution in [-0.4, -0.2) is 57.6 Å². The summed E-state index contributed by atoms with van der Waals surface area (Å²) in [7, 11) is 0. The van der Waals surface area contributed by atoms with Crippen LogP contribution in [0.15, 0.2) is 30.3 Å². The van der Waals surface area contributed by atoms with Gasteiger partial charge in [-0.3, -0.25) is 14.9 Å².